The fourth-order valence-corrected chi connectivity index (χ4v) is 1.81. The number of benzene rings is 1. The summed E-state index contributed by atoms with van der Waals surface area (Å²) in [5.41, 5.74) is 7.43. The van der Waals surface area contributed by atoms with Crippen LogP contribution in [0.1, 0.15) is 12.0 Å². The molecule has 0 fully saturated rings. The van der Waals surface area contributed by atoms with Crippen molar-refractivity contribution in [3.63, 3.8) is 0 Å². The normalized spacial score (nSPS) is 10.1. The van der Waals surface area contributed by atoms with Crippen LogP contribution in [-0.2, 0) is 11.2 Å². The molecule has 0 saturated carbocycles. The van der Waals surface area contributed by atoms with E-state index in [1.165, 1.54) is 0 Å². The van der Waals surface area contributed by atoms with E-state index in [4.69, 9.17) is 10.5 Å². The summed E-state index contributed by atoms with van der Waals surface area (Å²) in [6.07, 6.45) is 4.63. The second kappa shape index (κ2) is 7.89. The number of nitrogens with one attached hydrogen (secondary N) is 1. The highest BCUT2D eigenvalue weighted by atomic mass is 16.5. The summed E-state index contributed by atoms with van der Waals surface area (Å²) >= 11 is 0. The average molecular weight is 285 g/mol. The van der Waals surface area contributed by atoms with E-state index in [9.17, 15) is 4.79 Å². The molecule has 110 valence electrons. The molecule has 0 radical (unpaired) electrons. The van der Waals surface area contributed by atoms with Gasteiger partial charge in [0, 0.05) is 24.6 Å². The van der Waals surface area contributed by atoms with Crippen LogP contribution in [0.15, 0.2) is 48.8 Å². The lowest BCUT2D eigenvalue weighted by Gasteiger charge is -2.07. The van der Waals surface area contributed by atoms with E-state index >= 15 is 0 Å². The lowest BCUT2D eigenvalue weighted by atomic mass is 10.2. The van der Waals surface area contributed by atoms with Gasteiger partial charge in [0.05, 0.1) is 13.0 Å². The lowest BCUT2D eigenvalue weighted by Crippen LogP contribution is -2.27. The van der Waals surface area contributed by atoms with E-state index in [2.05, 4.69) is 10.3 Å². The van der Waals surface area contributed by atoms with Gasteiger partial charge in [-0.25, -0.2) is 0 Å². The molecule has 0 unspecified atom stereocenters. The van der Waals surface area contributed by atoms with Gasteiger partial charge in [0.15, 0.2) is 0 Å². The van der Waals surface area contributed by atoms with Crippen molar-refractivity contribution in [3.05, 3.63) is 54.4 Å². The molecular weight excluding hydrogens is 266 g/mol. The van der Waals surface area contributed by atoms with Crippen LogP contribution in [0.3, 0.4) is 0 Å². The highest BCUT2D eigenvalue weighted by Gasteiger charge is 2.02. The second-order valence-corrected chi connectivity index (χ2v) is 4.62. The number of nitrogen functional groups attached to an aromatic ring is 1. The van der Waals surface area contributed by atoms with Crippen LogP contribution in [-0.4, -0.2) is 24.0 Å². The van der Waals surface area contributed by atoms with Gasteiger partial charge >= 0.3 is 0 Å². The van der Waals surface area contributed by atoms with E-state index < -0.39 is 0 Å². The number of amides is 1. The van der Waals surface area contributed by atoms with Crippen LogP contribution in [0.4, 0.5) is 5.69 Å². The molecule has 5 nitrogen and oxygen atoms in total. The first kappa shape index (κ1) is 14.8. The number of anilines is 1. The highest BCUT2D eigenvalue weighted by Crippen LogP contribution is 2.13. The molecule has 0 bridgehead atoms. The lowest BCUT2D eigenvalue weighted by molar-refractivity contribution is -0.121. The number of aromatic nitrogens is 1. The number of rotatable bonds is 7. The molecule has 0 spiro atoms. The molecule has 0 atom stereocenters. The molecule has 0 aliphatic heterocycles. The van der Waals surface area contributed by atoms with E-state index in [0.29, 0.717) is 31.0 Å². The van der Waals surface area contributed by atoms with E-state index in [1.807, 2.05) is 12.1 Å². The van der Waals surface area contributed by atoms with Gasteiger partial charge in [-0.2, -0.15) is 0 Å². The summed E-state index contributed by atoms with van der Waals surface area (Å²) in [5.74, 6) is 0.702. The SMILES string of the molecule is Nc1ccc(OCCC(=O)NCCc2ccncc2)cc1. The van der Waals surface area contributed by atoms with Crippen molar-refractivity contribution in [3.8, 4) is 5.75 Å². The molecule has 0 aliphatic rings. The smallest absolute Gasteiger partial charge is 0.223 e. The molecule has 1 aromatic heterocycles. The maximum Gasteiger partial charge on any atom is 0.223 e. The maximum atomic E-state index is 11.7. The van der Waals surface area contributed by atoms with Gasteiger partial charge < -0.3 is 15.8 Å². The maximum absolute atomic E-state index is 11.7. The van der Waals surface area contributed by atoms with Gasteiger partial charge in [0.2, 0.25) is 5.91 Å². The predicted molar refractivity (Wildman–Crippen MR) is 81.9 cm³/mol. The van der Waals surface area contributed by atoms with Crippen molar-refractivity contribution in [2.45, 2.75) is 12.8 Å². The minimum Gasteiger partial charge on any atom is -0.493 e. The molecule has 0 saturated heterocycles. The van der Waals surface area contributed by atoms with Gasteiger partial charge in [-0.3, -0.25) is 9.78 Å². The summed E-state index contributed by atoms with van der Waals surface area (Å²) in [7, 11) is 0. The Morgan fingerprint density at radius 1 is 1.14 bits per heavy atom. The standard InChI is InChI=1S/C16H19N3O2/c17-14-1-3-15(4-2-14)21-12-8-16(20)19-11-7-13-5-9-18-10-6-13/h1-6,9-10H,7-8,11-12,17H2,(H,19,20). The van der Waals surface area contributed by atoms with Crippen LogP contribution in [0.2, 0.25) is 0 Å². The van der Waals surface area contributed by atoms with Crippen molar-refractivity contribution < 1.29 is 9.53 Å². The van der Waals surface area contributed by atoms with Crippen LogP contribution in [0.5, 0.6) is 5.75 Å². The van der Waals surface area contributed by atoms with Gasteiger partial charge in [-0.05, 0) is 48.4 Å². The van der Waals surface area contributed by atoms with E-state index in [1.54, 1.807) is 36.7 Å². The summed E-state index contributed by atoms with van der Waals surface area (Å²) in [6.45, 7) is 0.968. The average Bonchev–Trinajstić information content (AvgIpc) is 2.50. The van der Waals surface area contributed by atoms with Crippen molar-refractivity contribution in [2.24, 2.45) is 0 Å². The number of ether oxygens (including phenoxy) is 1. The third kappa shape index (κ3) is 5.52. The Labute approximate surface area is 124 Å². The third-order valence-electron chi connectivity index (χ3n) is 2.96. The van der Waals surface area contributed by atoms with Gasteiger partial charge in [0.25, 0.3) is 0 Å². The van der Waals surface area contributed by atoms with Crippen LogP contribution < -0.4 is 15.8 Å². The second-order valence-electron chi connectivity index (χ2n) is 4.62. The number of hydrogen-bond acceptors (Lipinski definition) is 4. The molecule has 0 aliphatic carbocycles. The molecule has 1 heterocycles. The van der Waals surface area contributed by atoms with Gasteiger partial charge in [-0.1, -0.05) is 0 Å². The van der Waals surface area contributed by atoms with Crippen molar-refractivity contribution in [1.82, 2.24) is 10.3 Å². The Balaban J connectivity index is 1.60. The molecule has 2 rings (SSSR count). The zero-order valence-electron chi connectivity index (χ0n) is 11.8. The van der Waals surface area contributed by atoms with Crippen molar-refractivity contribution >= 4 is 11.6 Å². The minimum absolute atomic E-state index is 0.0144. The number of nitrogens with two attached hydrogens (primary N) is 1. The number of carbonyl (C=O) groups is 1. The van der Waals surface area contributed by atoms with E-state index in [0.717, 1.165) is 12.0 Å². The molecule has 1 amide bonds. The predicted octanol–water partition coefficient (Wildman–Crippen LogP) is 1.79. The Bertz CT molecular complexity index is 555. The monoisotopic (exact) mass is 285 g/mol. The first-order chi connectivity index (χ1) is 10.2. The highest BCUT2D eigenvalue weighted by molar-refractivity contribution is 5.75. The summed E-state index contributed by atoms with van der Waals surface area (Å²) in [5, 5.41) is 2.87. The van der Waals surface area contributed by atoms with Gasteiger partial charge in [-0.15, -0.1) is 0 Å². The first-order valence-corrected chi connectivity index (χ1v) is 6.88. The number of pyridine rings is 1. The quantitative estimate of drug-likeness (QED) is 0.760. The summed E-state index contributed by atoms with van der Waals surface area (Å²) < 4.78 is 5.47. The molecule has 3 N–H and O–H groups in total. The summed E-state index contributed by atoms with van der Waals surface area (Å²) in [6, 6.07) is 11.0. The Kier molecular flexibility index (Phi) is 5.58. The van der Waals surface area contributed by atoms with Gasteiger partial charge in [0.1, 0.15) is 5.75 Å². The number of hydrogen-bond donors (Lipinski definition) is 2. The zero-order valence-corrected chi connectivity index (χ0v) is 11.8. The van der Waals surface area contributed by atoms with Crippen LogP contribution in [0, 0.1) is 0 Å². The van der Waals surface area contributed by atoms with E-state index in [-0.39, 0.29) is 5.91 Å². The molecular formula is C16H19N3O2. The zero-order chi connectivity index (χ0) is 14.9. The Hall–Kier alpha value is -2.56. The Morgan fingerprint density at radius 2 is 1.86 bits per heavy atom. The Morgan fingerprint density at radius 3 is 2.57 bits per heavy atom. The topological polar surface area (TPSA) is 77.2 Å². The first-order valence-electron chi connectivity index (χ1n) is 6.88. The molecule has 1 aromatic carbocycles. The largest absolute Gasteiger partial charge is 0.493 e. The molecule has 21 heavy (non-hydrogen) atoms. The number of carbonyl (C=O) groups excluding carboxylic acids is 1. The van der Waals surface area contributed by atoms with Crippen molar-refractivity contribution in [2.75, 3.05) is 18.9 Å². The number of nitrogens with zero attached hydrogens (tertiary/aromatic N) is 1. The summed E-state index contributed by atoms with van der Waals surface area (Å²) in [4.78, 5) is 15.6. The van der Waals surface area contributed by atoms with Crippen LogP contribution >= 0.6 is 0 Å². The fourth-order valence-electron chi connectivity index (χ4n) is 1.81. The van der Waals surface area contributed by atoms with Crippen molar-refractivity contribution in [1.29, 1.82) is 0 Å². The molecule has 2 aromatic rings. The minimum atomic E-state index is -0.0144. The third-order valence-corrected chi connectivity index (χ3v) is 2.96. The fraction of sp³-hybridized carbons (Fsp3) is 0.250. The van der Waals surface area contributed by atoms with Crippen LogP contribution in [0.25, 0.3) is 0 Å². The molecule has 5 heteroatoms.